The molecule has 2 N–H and O–H groups in total. The Bertz CT molecular complexity index is 1820. The summed E-state index contributed by atoms with van der Waals surface area (Å²) >= 11 is 0. The van der Waals surface area contributed by atoms with Gasteiger partial charge in [-0.2, -0.15) is 14.6 Å². The molecule has 5 aromatic rings. The first-order valence-corrected chi connectivity index (χ1v) is 16.1. The van der Waals surface area contributed by atoms with E-state index in [1.54, 1.807) is 16.8 Å². The molecule has 1 aliphatic heterocycles. The molecule has 1 aliphatic rings. The van der Waals surface area contributed by atoms with Crippen molar-refractivity contribution >= 4 is 28.3 Å². The van der Waals surface area contributed by atoms with E-state index in [0.717, 1.165) is 73.0 Å². The van der Waals surface area contributed by atoms with Gasteiger partial charge >= 0.3 is 0 Å². The van der Waals surface area contributed by atoms with E-state index < -0.39 is 5.91 Å². The van der Waals surface area contributed by atoms with E-state index in [-0.39, 0.29) is 6.04 Å². The Morgan fingerprint density at radius 1 is 1.09 bits per heavy atom. The number of primary amides is 1. The van der Waals surface area contributed by atoms with Gasteiger partial charge in [-0.1, -0.05) is 31.5 Å². The van der Waals surface area contributed by atoms with Gasteiger partial charge in [0.15, 0.2) is 0 Å². The lowest BCUT2D eigenvalue weighted by Gasteiger charge is -2.30. The molecular weight excluding hydrogens is 580 g/mol. The zero-order valence-electron chi connectivity index (χ0n) is 26.9. The Morgan fingerprint density at radius 2 is 1.96 bits per heavy atom. The van der Waals surface area contributed by atoms with Crippen LogP contribution < -0.4 is 20.1 Å². The van der Waals surface area contributed by atoms with E-state index in [4.69, 9.17) is 20.2 Å². The Morgan fingerprint density at radius 3 is 2.80 bits per heavy atom. The number of likely N-dealkylation sites (N-methyl/N-ethyl adjacent to an activating group) is 1. The summed E-state index contributed by atoms with van der Waals surface area (Å²) in [5, 5.41) is 6.51. The highest BCUT2D eigenvalue weighted by molar-refractivity contribution is 5.94. The molecule has 0 radical (unpaired) electrons. The second kappa shape index (κ2) is 13.7. The predicted octanol–water partition coefficient (Wildman–Crippen LogP) is 4.82. The fourth-order valence-electron chi connectivity index (χ4n) is 6.20. The molecule has 2 aromatic carbocycles. The lowest BCUT2D eigenvalue weighted by molar-refractivity contribution is -0.903. The van der Waals surface area contributed by atoms with Gasteiger partial charge in [0.05, 0.1) is 25.7 Å². The average molecular weight is 624 g/mol. The van der Waals surface area contributed by atoms with Gasteiger partial charge in [-0.05, 0) is 67.5 Å². The number of rotatable bonds is 14. The quantitative estimate of drug-likeness (QED) is 0.175. The highest BCUT2D eigenvalue weighted by Crippen LogP contribution is 2.28. The lowest BCUT2D eigenvalue weighted by atomic mass is 10.1. The van der Waals surface area contributed by atoms with Crippen molar-refractivity contribution in [3.8, 4) is 11.6 Å². The van der Waals surface area contributed by atoms with Gasteiger partial charge in [-0.3, -0.25) is 4.79 Å². The Hall–Kier alpha value is -4.77. The number of unbranched alkanes of at least 4 members (excludes halogenated alkanes) is 1. The highest BCUT2D eigenvalue weighted by Gasteiger charge is 2.28. The van der Waals surface area contributed by atoms with Gasteiger partial charge in [0.2, 0.25) is 11.8 Å². The number of benzene rings is 2. The average Bonchev–Trinajstić information content (AvgIpc) is 3.73. The summed E-state index contributed by atoms with van der Waals surface area (Å²) in [6.45, 7) is 5.37. The molecule has 1 saturated heterocycles. The van der Waals surface area contributed by atoms with E-state index in [9.17, 15) is 4.79 Å². The van der Waals surface area contributed by atoms with Crippen molar-refractivity contribution < 1.29 is 18.8 Å². The van der Waals surface area contributed by atoms with Crippen LogP contribution in [-0.4, -0.2) is 81.4 Å². The smallest absolute Gasteiger partial charge is 0.254 e. The number of aryl methyl sites for hydroxylation is 1. The van der Waals surface area contributed by atoms with E-state index in [1.807, 2.05) is 30.3 Å². The third kappa shape index (κ3) is 7.04. The molecule has 240 valence electrons. The number of quaternary nitrogens is 1. The first kappa shape index (κ1) is 31.2. The molecular formula is C35H43N8O3+. The van der Waals surface area contributed by atoms with E-state index in [0.29, 0.717) is 47.2 Å². The summed E-state index contributed by atoms with van der Waals surface area (Å²) in [4.78, 5) is 28.2. The monoisotopic (exact) mass is 623 g/mol. The molecule has 11 nitrogen and oxygen atoms in total. The Kier molecular flexibility index (Phi) is 9.30. The van der Waals surface area contributed by atoms with Crippen molar-refractivity contribution in [3.05, 3.63) is 83.9 Å². The summed E-state index contributed by atoms with van der Waals surface area (Å²) in [5.74, 6) is 2.35. The summed E-state index contributed by atoms with van der Waals surface area (Å²) < 4.78 is 14.9. The Labute approximate surface area is 269 Å². The molecule has 0 bridgehead atoms. The van der Waals surface area contributed by atoms with Crippen molar-refractivity contribution in [1.82, 2.24) is 24.6 Å². The van der Waals surface area contributed by atoms with E-state index in [1.165, 1.54) is 6.33 Å². The summed E-state index contributed by atoms with van der Waals surface area (Å²) in [6.07, 6.45) is 8.45. The van der Waals surface area contributed by atoms with Gasteiger partial charge in [0, 0.05) is 29.4 Å². The van der Waals surface area contributed by atoms with Crippen molar-refractivity contribution in [2.24, 2.45) is 5.73 Å². The van der Waals surface area contributed by atoms with Crippen LogP contribution in [0.4, 0.5) is 5.82 Å². The Balaban J connectivity index is 1.09. The van der Waals surface area contributed by atoms with Crippen LogP contribution >= 0.6 is 0 Å². The second-order valence-electron chi connectivity index (χ2n) is 12.7. The van der Waals surface area contributed by atoms with Gasteiger partial charge in [0.1, 0.15) is 44.2 Å². The third-order valence-electron chi connectivity index (χ3n) is 8.70. The maximum Gasteiger partial charge on any atom is 0.254 e. The van der Waals surface area contributed by atoms with Crippen LogP contribution in [0.15, 0.2) is 67.1 Å². The molecule has 0 unspecified atom stereocenters. The summed E-state index contributed by atoms with van der Waals surface area (Å²) in [7, 11) is 4.25. The summed E-state index contributed by atoms with van der Waals surface area (Å²) in [5.41, 5.74) is 8.29. The molecule has 0 spiro atoms. The maximum absolute atomic E-state index is 12.6. The number of hydrogen-bond acceptors (Lipinski definition) is 8. The number of nitrogens with zero attached hydrogens (tertiary/aromatic N) is 7. The number of amides is 1. The molecule has 3 aromatic heterocycles. The minimum Gasteiger partial charge on any atom is -0.491 e. The lowest BCUT2D eigenvalue weighted by Crippen LogP contribution is -2.42. The summed E-state index contributed by atoms with van der Waals surface area (Å²) in [6, 6.07) is 18.2. The predicted molar refractivity (Wildman–Crippen MR) is 178 cm³/mol. The van der Waals surface area contributed by atoms with Crippen LogP contribution in [0.5, 0.6) is 11.6 Å². The first-order chi connectivity index (χ1) is 22.3. The van der Waals surface area contributed by atoms with Crippen LogP contribution in [0.3, 0.4) is 0 Å². The first-order valence-electron chi connectivity index (χ1n) is 16.1. The third-order valence-corrected chi connectivity index (χ3v) is 8.70. The van der Waals surface area contributed by atoms with E-state index >= 15 is 0 Å². The number of hydrogen-bond donors (Lipinski definition) is 1. The number of carbonyl (C=O) groups excluding carboxylic acids is 1. The number of nitrogens with two attached hydrogens (primary N) is 1. The van der Waals surface area contributed by atoms with Crippen molar-refractivity contribution in [3.63, 3.8) is 0 Å². The number of aromatic nitrogens is 5. The SMILES string of the molecule is CCCCc1cc2ccccc2c(OCC[N+](C)(C)Cc2ccc(OC[C@H]3CCCN3c3ccnc4ncnn34)cc2C(N)=O)n1. The van der Waals surface area contributed by atoms with Crippen LogP contribution in [-0.2, 0) is 13.0 Å². The second-order valence-corrected chi connectivity index (χ2v) is 12.7. The molecule has 1 atom stereocenters. The van der Waals surface area contributed by atoms with E-state index in [2.05, 4.69) is 59.2 Å². The number of fused-ring (bicyclic) bond motifs is 2. The normalized spacial score (nSPS) is 15.1. The molecule has 1 fully saturated rings. The largest absolute Gasteiger partial charge is 0.491 e. The van der Waals surface area contributed by atoms with Crippen LogP contribution in [0.25, 0.3) is 16.6 Å². The zero-order valence-corrected chi connectivity index (χ0v) is 26.9. The van der Waals surface area contributed by atoms with Gasteiger partial charge in [0.25, 0.3) is 5.78 Å². The molecule has 0 saturated carbocycles. The molecule has 0 aliphatic carbocycles. The molecule has 11 heteroatoms. The van der Waals surface area contributed by atoms with Crippen LogP contribution in [0.1, 0.15) is 54.2 Å². The van der Waals surface area contributed by atoms with Gasteiger partial charge in [-0.15, -0.1) is 0 Å². The van der Waals surface area contributed by atoms with Gasteiger partial charge < -0.3 is 24.6 Å². The molecule has 4 heterocycles. The molecule has 46 heavy (non-hydrogen) atoms. The number of pyridine rings is 1. The highest BCUT2D eigenvalue weighted by atomic mass is 16.5. The zero-order chi connectivity index (χ0) is 32.1. The topological polar surface area (TPSA) is 121 Å². The fourth-order valence-corrected chi connectivity index (χ4v) is 6.20. The fraction of sp³-hybridized carbons (Fsp3) is 0.400. The number of carbonyl (C=O) groups is 1. The van der Waals surface area contributed by atoms with Crippen molar-refractivity contribution in [1.29, 1.82) is 0 Å². The minimum absolute atomic E-state index is 0.154. The minimum atomic E-state index is -0.468. The van der Waals surface area contributed by atoms with Crippen LogP contribution in [0, 0.1) is 0 Å². The van der Waals surface area contributed by atoms with Crippen LogP contribution in [0.2, 0.25) is 0 Å². The number of anilines is 1. The van der Waals surface area contributed by atoms with Crippen molar-refractivity contribution in [2.45, 2.75) is 51.6 Å². The molecule has 1 amide bonds. The maximum atomic E-state index is 12.6. The van der Waals surface area contributed by atoms with Crippen molar-refractivity contribution in [2.75, 3.05) is 45.3 Å². The number of ether oxygens (including phenoxy) is 2. The van der Waals surface area contributed by atoms with Gasteiger partial charge in [-0.25, -0.2) is 9.97 Å². The standard InChI is InChI=1S/C35H42N8O3/c1-4-5-10-27-20-25-9-6-7-12-30(25)34(40-27)45-19-18-43(2,3)22-26-13-14-29(21-31(26)33(36)44)46-23-28-11-8-17-41(28)32-15-16-37-35-38-24-39-42(32)35/h6-7,9,12-16,20-21,24,28H,4-5,8,10-11,17-19,22-23H2,1-3H3,(H-,36,44)/p+1/t28-/m1/s1. The molecule has 6 rings (SSSR count).